The first-order valence-electron chi connectivity index (χ1n) is 5.75. The van der Waals surface area contributed by atoms with E-state index in [1.54, 1.807) is 0 Å². The average molecular weight is 399 g/mol. The molecule has 0 radical (unpaired) electrons. The molecule has 0 unspecified atom stereocenters. The lowest BCUT2D eigenvalue weighted by Crippen LogP contribution is -2.46. The van der Waals surface area contributed by atoms with E-state index in [-0.39, 0.29) is 3.23 Å². The van der Waals surface area contributed by atoms with Crippen LogP contribution in [0.4, 0.5) is 0 Å². The minimum Gasteiger partial charge on any atom is -0.388 e. The molecular weight excluding hydrogens is 388 g/mol. The zero-order valence-electron chi connectivity index (χ0n) is 7.91. The molecule has 0 heterocycles. The minimum atomic E-state index is -0.412. The van der Waals surface area contributed by atoms with Crippen molar-refractivity contribution in [3.8, 4) is 0 Å². The van der Waals surface area contributed by atoms with E-state index in [4.69, 9.17) is 0 Å². The molecule has 6 bridgehead atoms. The van der Waals surface area contributed by atoms with Gasteiger partial charge in [-0.05, 0) is 41.9 Å². The van der Waals surface area contributed by atoms with Crippen LogP contribution in [0.25, 0.3) is 0 Å². The number of rotatable bonds is 0. The highest BCUT2D eigenvalue weighted by Crippen LogP contribution is 2.89. The van der Waals surface area contributed by atoms with Crippen molar-refractivity contribution in [2.24, 2.45) is 41.4 Å². The van der Waals surface area contributed by atoms with Crippen LogP contribution in [-0.2, 0) is 0 Å². The summed E-state index contributed by atoms with van der Waals surface area (Å²) in [5, 5.41) is 11.0. The summed E-state index contributed by atoms with van der Waals surface area (Å²) in [5.41, 5.74) is -0.412. The zero-order valence-corrected chi connectivity index (χ0v) is 12.7. The number of halogens is 3. The first-order chi connectivity index (χ1) is 7.00. The van der Waals surface area contributed by atoms with Crippen LogP contribution in [0.1, 0.15) is 6.42 Å². The van der Waals surface area contributed by atoms with Crippen LogP contribution in [-0.4, -0.2) is 18.8 Å². The van der Waals surface area contributed by atoms with E-state index in [1.165, 1.54) is 6.42 Å². The van der Waals surface area contributed by atoms with Gasteiger partial charge < -0.3 is 5.11 Å². The Labute approximate surface area is 114 Å². The van der Waals surface area contributed by atoms with Gasteiger partial charge in [-0.1, -0.05) is 47.8 Å². The highest BCUT2D eigenvalue weighted by Gasteiger charge is 2.91. The van der Waals surface area contributed by atoms with Gasteiger partial charge in [0.25, 0.3) is 0 Å². The Morgan fingerprint density at radius 2 is 1.73 bits per heavy atom. The van der Waals surface area contributed by atoms with Gasteiger partial charge in [-0.15, -0.1) is 0 Å². The van der Waals surface area contributed by atoms with Crippen molar-refractivity contribution in [1.29, 1.82) is 0 Å². The maximum atomic E-state index is 11.0. The number of hydrogen-bond acceptors (Lipinski definition) is 1. The molecule has 6 saturated carbocycles. The second-order valence-electron chi connectivity index (χ2n) is 6.21. The molecule has 15 heavy (non-hydrogen) atoms. The molecule has 6 aliphatic carbocycles. The molecule has 0 saturated heterocycles. The maximum absolute atomic E-state index is 11.0. The summed E-state index contributed by atoms with van der Waals surface area (Å²) in [6.07, 6.45) is 1.38. The average Bonchev–Trinajstić information content (AvgIpc) is 2.81. The second kappa shape index (κ2) is 2.17. The van der Waals surface area contributed by atoms with Gasteiger partial charge in [0.05, 0.1) is 8.83 Å². The van der Waals surface area contributed by atoms with Gasteiger partial charge in [0.2, 0.25) is 0 Å². The van der Waals surface area contributed by atoms with Crippen LogP contribution in [0.5, 0.6) is 0 Å². The van der Waals surface area contributed by atoms with E-state index in [0.717, 1.165) is 23.7 Å². The van der Waals surface area contributed by atoms with Gasteiger partial charge in [0, 0.05) is 10.7 Å². The van der Waals surface area contributed by atoms with E-state index in [0.29, 0.717) is 22.6 Å². The first kappa shape index (κ1) is 9.35. The minimum absolute atomic E-state index is 0.0424. The monoisotopic (exact) mass is 396 g/mol. The Balaban J connectivity index is 1.88. The normalized spacial score (nSPS) is 79.2. The van der Waals surface area contributed by atoms with E-state index in [2.05, 4.69) is 47.8 Å². The molecule has 6 fully saturated rings. The standard InChI is InChI=1S/C11H11Br3O/c12-9-5-3-1-2-4(5)8-10(9,15)6(3)7(2)11(8,13)14/h2-9,15H,1H2/t2-,3-,4+,5-,6+,7+,8+,9-,10+/m0/s1. The fourth-order valence-corrected chi connectivity index (χ4v) is 10.4. The molecule has 0 aromatic carbocycles. The Kier molecular flexibility index (Phi) is 1.35. The van der Waals surface area contributed by atoms with Crippen LogP contribution >= 0.6 is 47.8 Å². The fourth-order valence-electron chi connectivity index (χ4n) is 6.49. The van der Waals surface area contributed by atoms with E-state index < -0.39 is 5.60 Å². The fraction of sp³-hybridized carbons (Fsp3) is 1.00. The predicted octanol–water partition coefficient (Wildman–Crippen LogP) is 2.74. The molecule has 6 rings (SSSR count). The van der Waals surface area contributed by atoms with Crippen molar-refractivity contribution >= 4 is 47.8 Å². The summed E-state index contributed by atoms with van der Waals surface area (Å²) in [6.45, 7) is 0. The molecule has 6 aliphatic rings. The number of hydrogen-bond donors (Lipinski definition) is 1. The smallest absolute Gasteiger partial charge is 0.0898 e. The van der Waals surface area contributed by atoms with Crippen LogP contribution in [0.2, 0.25) is 0 Å². The van der Waals surface area contributed by atoms with Gasteiger partial charge in [0.1, 0.15) is 0 Å². The summed E-state index contributed by atoms with van der Waals surface area (Å²) >= 11 is 11.6. The molecule has 0 aliphatic heterocycles. The molecular formula is C11H11Br3O. The summed E-state index contributed by atoms with van der Waals surface area (Å²) in [6, 6.07) is 0. The van der Waals surface area contributed by atoms with Crippen molar-refractivity contribution in [2.45, 2.75) is 20.1 Å². The Bertz CT molecular complexity index is 395. The summed E-state index contributed by atoms with van der Waals surface area (Å²) in [7, 11) is 0. The molecule has 4 heteroatoms. The predicted molar refractivity (Wildman–Crippen MR) is 67.3 cm³/mol. The summed E-state index contributed by atoms with van der Waals surface area (Å²) in [4.78, 5) is 0.363. The molecule has 0 amide bonds. The quantitative estimate of drug-likeness (QED) is 0.622. The molecule has 1 nitrogen and oxygen atoms in total. The topological polar surface area (TPSA) is 20.2 Å². The largest absolute Gasteiger partial charge is 0.388 e. The highest BCUT2D eigenvalue weighted by atomic mass is 79.9. The van der Waals surface area contributed by atoms with Crippen molar-refractivity contribution in [2.75, 3.05) is 0 Å². The highest BCUT2D eigenvalue weighted by molar-refractivity contribution is 9.25. The molecule has 0 spiro atoms. The lowest BCUT2D eigenvalue weighted by Gasteiger charge is -2.38. The van der Waals surface area contributed by atoms with Crippen LogP contribution in [0.15, 0.2) is 0 Å². The molecule has 82 valence electrons. The van der Waals surface area contributed by atoms with Crippen molar-refractivity contribution in [3.05, 3.63) is 0 Å². The molecule has 1 N–H and O–H groups in total. The van der Waals surface area contributed by atoms with E-state index in [1.807, 2.05) is 0 Å². The van der Waals surface area contributed by atoms with Gasteiger partial charge in [-0.2, -0.15) is 0 Å². The van der Waals surface area contributed by atoms with E-state index in [9.17, 15) is 5.11 Å². The third-order valence-electron chi connectivity index (χ3n) is 6.34. The third-order valence-corrected chi connectivity index (χ3v) is 9.73. The number of alkyl halides is 3. The lowest BCUT2D eigenvalue weighted by molar-refractivity contribution is -0.0514. The second-order valence-corrected chi connectivity index (χ2v) is 10.9. The molecule has 0 aromatic heterocycles. The Morgan fingerprint density at radius 3 is 2.40 bits per heavy atom. The zero-order chi connectivity index (χ0) is 10.3. The molecule has 9 atom stereocenters. The van der Waals surface area contributed by atoms with Crippen molar-refractivity contribution in [3.63, 3.8) is 0 Å². The summed E-state index contributed by atoms with van der Waals surface area (Å²) < 4.78 is 0.0424. The van der Waals surface area contributed by atoms with Crippen molar-refractivity contribution < 1.29 is 5.11 Å². The van der Waals surface area contributed by atoms with Gasteiger partial charge in [-0.3, -0.25) is 0 Å². The first-order valence-corrected chi connectivity index (χ1v) is 8.25. The van der Waals surface area contributed by atoms with Crippen LogP contribution in [0.3, 0.4) is 0 Å². The van der Waals surface area contributed by atoms with Crippen LogP contribution in [0, 0.1) is 41.4 Å². The molecule has 0 aromatic rings. The Hall–Kier alpha value is 1.40. The van der Waals surface area contributed by atoms with Crippen molar-refractivity contribution in [1.82, 2.24) is 0 Å². The SMILES string of the molecule is O[C@@]12[C@@H]3[C@H]4C[C@H]5[C@H]([C@H]4[C@@H]1Br)[C@H]2C(Br)(Br)[C@H]53. The number of aliphatic hydroxyl groups is 1. The van der Waals surface area contributed by atoms with Gasteiger partial charge in [-0.25, -0.2) is 0 Å². The lowest BCUT2D eigenvalue weighted by atomic mass is 9.69. The van der Waals surface area contributed by atoms with Gasteiger partial charge >= 0.3 is 0 Å². The third kappa shape index (κ3) is 0.609. The summed E-state index contributed by atoms with van der Waals surface area (Å²) in [5.74, 6) is 4.93. The van der Waals surface area contributed by atoms with Gasteiger partial charge in [0.15, 0.2) is 0 Å². The maximum Gasteiger partial charge on any atom is 0.0898 e. The Morgan fingerprint density at radius 1 is 1.07 bits per heavy atom. The van der Waals surface area contributed by atoms with Crippen LogP contribution < -0.4 is 0 Å². The van der Waals surface area contributed by atoms with E-state index >= 15 is 0 Å².